The zero-order chi connectivity index (χ0) is 14.4. The van der Waals surface area contributed by atoms with Crippen molar-refractivity contribution in [3.05, 3.63) is 18.1 Å². The van der Waals surface area contributed by atoms with Crippen molar-refractivity contribution in [3.63, 3.8) is 0 Å². The predicted molar refractivity (Wildman–Crippen MR) is 73.4 cm³/mol. The van der Waals surface area contributed by atoms with Crippen molar-refractivity contribution in [3.8, 4) is 5.88 Å². The van der Waals surface area contributed by atoms with Crippen molar-refractivity contribution < 1.29 is 19.0 Å². The summed E-state index contributed by atoms with van der Waals surface area (Å²) in [6, 6.07) is 1.54. The number of halogens is 1. The molecule has 0 atom stereocenters. The summed E-state index contributed by atoms with van der Waals surface area (Å²) in [7, 11) is 0. The number of nitrogens with one attached hydrogen (secondary N) is 1. The maximum atomic E-state index is 13.7. The van der Waals surface area contributed by atoms with E-state index in [-0.39, 0.29) is 12.0 Å². The highest BCUT2D eigenvalue weighted by molar-refractivity contribution is 5.46. The first kappa shape index (κ1) is 15.0. The lowest BCUT2D eigenvalue weighted by Crippen LogP contribution is -2.39. The van der Waals surface area contributed by atoms with Crippen LogP contribution in [-0.4, -0.2) is 43.1 Å². The highest BCUT2D eigenvalue weighted by atomic mass is 19.1. The van der Waals surface area contributed by atoms with E-state index in [2.05, 4.69) is 10.3 Å². The molecule has 0 bridgehead atoms. The molecule has 0 aromatic carbocycles. The smallest absolute Gasteiger partial charge is 0.215 e. The average molecular weight is 284 g/mol. The van der Waals surface area contributed by atoms with Crippen LogP contribution in [0.2, 0.25) is 0 Å². The molecular weight excluding hydrogens is 263 g/mol. The fourth-order valence-corrected chi connectivity index (χ4v) is 2.26. The summed E-state index contributed by atoms with van der Waals surface area (Å²) in [5.74, 6) is -0.0324. The van der Waals surface area contributed by atoms with Crippen molar-refractivity contribution in [1.82, 2.24) is 4.98 Å². The SMILES string of the molecule is CCOc1cc(NCC2(CO)CCOCC2)c(F)cn1. The Morgan fingerprint density at radius 2 is 2.25 bits per heavy atom. The first-order valence-electron chi connectivity index (χ1n) is 6.90. The van der Waals surface area contributed by atoms with E-state index in [0.29, 0.717) is 37.9 Å². The van der Waals surface area contributed by atoms with E-state index < -0.39 is 5.82 Å². The average Bonchev–Trinajstić information content (AvgIpc) is 2.49. The summed E-state index contributed by atoms with van der Waals surface area (Å²) in [4.78, 5) is 3.85. The van der Waals surface area contributed by atoms with E-state index >= 15 is 0 Å². The van der Waals surface area contributed by atoms with E-state index in [1.807, 2.05) is 6.92 Å². The van der Waals surface area contributed by atoms with Gasteiger partial charge in [-0.2, -0.15) is 0 Å². The fraction of sp³-hybridized carbons (Fsp3) is 0.643. The molecule has 0 spiro atoms. The molecule has 1 saturated heterocycles. The number of aliphatic hydroxyl groups is 1. The molecule has 0 saturated carbocycles. The molecule has 0 radical (unpaired) electrons. The second kappa shape index (κ2) is 6.85. The van der Waals surface area contributed by atoms with Gasteiger partial charge in [0, 0.05) is 31.2 Å². The Bertz CT molecular complexity index is 436. The number of aliphatic hydroxyl groups excluding tert-OH is 1. The van der Waals surface area contributed by atoms with Crippen LogP contribution >= 0.6 is 0 Å². The highest BCUT2D eigenvalue weighted by Crippen LogP contribution is 2.31. The normalized spacial score (nSPS) is 17.8. The topological polar surface area (TPSA) is 63.6 Å². The number of hydrogen-bond donors (Lipinski definition) is 2. The third kappa shape index (κ3) is 3.58. The molecule has 2 N–H and O–H groups in total. The summed E-state index contributed by atoms with van der Waals surface area (Å²) in [6.07, 6.45) is 2.67. The number of nitrogens with zero attached hydrogens (tertiary/aromatic N) is 1. The van der Waals surface area contributed by atoms with Crippen LogP contribution in [0.4, 0.5) is 10.1 Å². The van der Waals surface area contributed by atoms with Crippen LogP contribution in [0.25, 0.3) is 0 Å². The molecular formula is C14H21FN2O3. The molecule has 1 aromatic rings. The summed E-state index contributed by atoms with van der Waals surface area (Å²) in [5, 5.41) is 12.7. The van der Waals surface area contributed by atoms with Crippen LogP contribution in [-0.2, 0) is 4.74 Å². The minimum Gasteiger partial charge on any atom is -0.478 e. The van der Waals surface area contributed by atoms with Gasteiger partial charge in [0.15, 0.2) is 5.82 Å². The summed E-state index contributed by atoms with van der Waals surface area (Å²) >= 11 is 0. The number of aromatic nitrogens is 1. The second-order valence-electron chi connectivity index (χ2n) is 5.06. The minimum absolute atomic E-state index is 0.0639. The molecule has 1 fully saturated rings. The zero-order valence-corrected chi connectivity index (χ0v) is 11.7. The Kier molecular flexibility index (Phi) is 5.14. The summed E-state index contributed by atoms with van der Waals surface area (Å²) < 4.78 is 24.3. The fourth-order valence-electron chi connectivity index (χ4n) is 2.26. The zero-order valence-electron chi connectivity index (χ0n) is 11.7. The Morgan fingerprint density at radius 3 is 2.90 bits per heavy atom. The van der Waals surface area contributed by atoms with Crippen molar-refractivity contribution in [1.29, 1.82) is 0 Å². The van der Waals surface area contributed by atoms with Gasteiger partial charge in [-0.3, -0.25) is 0 Å². The van der Waals surface area contributed by atoms with Crippen molar-refractivity contribution in [2.24, 2.45) is 5.41 Å². The van der Waals surface area contributed by atoms with Crippen LogP contribution in [0.5, 0.6) is 5.88 Å². The van der Waals surface area contributed by atoms with Gasteiger partial charge in [-0.25, -0.2) is 9.37 Å². The molecule has 0 aliphatic carbocycles. The highest BCUT2D eigenvalue weighted by Gasteiger charge is 2.32. The third-order valence-corrected chi connectivity index (χ3v) is 3.67. The lowest BCUT2D eigenvalue weighted by molar-refractivity contribution is -0.00861. The monoisotopic (exact) mass is 284 g/mol. The van der Waals surface area contributed by atoms with Gasteiger partial charge in [0.2, 0.25) is 5.88 Å². The molecule has 0 unspecified atom stereocenters. The van der Waals surface area contributed by atoms with E-state index in [9.17, 15) is 9.50 Å². The van der Waals surface area contributed by atoms with Gasteiger partial charge in [-0.05, 0) is 19.8 Å². The molecule has 1 aromatic heterocycles. The largest absolute Gasteiger partial charge is 0.478 e. The Hall–Kier alpha value is -1.40. The maximum absolute atomic E-state index is 13.7. The van der Waals surface area contributed by atoms with Crippen LogP contribution in [0.15, 0.2) is 12.3 Å². The van der Waals surface area contributed by atoms with Gasteiger partial charge in [0.1, 0.15) is 0 Å². The predicted octanol–water partition coefficient (Wildman–Crippen LogP) is 1.82. The van der Waals surface area contributed by atoms with Gasteiger partial charge in [0.25, 0.3) is 0 Å². The number of hydrogen-bond acceptors (Lipinski definition) is 5. The van der Waals surface area contributed by atoms with Gasteiger partial charge in [0.05, 0.1) is 25.1 Å². The Labute approximate surface area is 118 Å². The molecule has 1 aliphatic heterocycles. The van der Waals surface area contributed by atoms with Gasteiger partial charge in [-0.15, -0.1) is 0 Å². The lowest BCUT2D eigenvalue weighted by atomic mass is 9.81. The Morgan fingerprint density at radius 1 is 1.50 bits per heavy atom. The van der Waals surface area contributed by atoms with E-state index in [0.717, 1.165) is 19.0 Å². The maximum Gasteiger partial charge on any atom is 0.215 e. The third-order valence-electron chi connectivity index (χ3n) is 3.67. The van der Waals surface area contributed by atoms with Crippen molar-refractivity contribution in [2.75, 3.05) is 38.3 Å². The van der Waals surface area contributed by atoms with Gasteiger partial charge < -0.3 is 19.9 Å². The van der Waals surface area contributed by atoms with Crippen LogP contribution < -0.4 is 10.1 Å². The molecule has 1 aliphatic rings. The van der Waals surface area contributed by atoms with E-state index in [1.165, 1.54) is 0 Å². The molecule has 2 rings (SSSR count). The van der Waals surface area contributed by atoms with E-state index in [1.54, 1.807) is 6.07 Å². The standard InChI is InChI=1S/C14H21FN2O3/c1-2-20-13-7-12(11(15)8-16-13)17-9-14(10-18)3-5-19-6-4-14/h7-8,18H,2-6,9-10H2,1H3,(H,16,17). The van der Waals surface area contributed by atoms with Gasteiger partial charge in [-0.1, -0.05) is 0 Å². The molecule has 0 amide bonds. The summed E-state index contributed by atoms with van der Waals surface area (Å²) in [6.45, 7) is 4.15. The molecule has 112 valence electrons. The van der Waals surface area contributed by atoms with Crippen LogP contribution in [0.1, 0.15) is 19.8 Å². The minimum atomic E-state index is -0.423. The number of rotatable bonds is 6. The molecule has 5 nitrogen and oxygen atoms in total. The molecule has 2 heterocycles. The molecule has 6 heteroatoms. The first-order valence-corrected chi connectivity index (χ1v) is 6.90. The van der Waals surface area contributed by atoms with E-state index in [4.69, 9.17) is 9.47 Å². The molecule has 20 heavy (non-hydrogen) atoms. The Balaban J connectivity index is 2.03. The second-order valence-corrected chi connectivity index (χ2v) is 5.06. The van der Waals surface area contributed by atoms with Crippen LogP contribution in [0.3, 0.4) is 0 Å². The van der Waals surface area contributed by atoms with Crippen molar-refractivity contribution in [2.45, 2.75) is 19.8 Å². The number of pyridine rings is 1. The number of anilines is 1. The first-order chi connectivity index (χ1) is 9.69. The summed E-state index contributed by atoms with van der Waals surface area (Å²) in [5.41, 5.74) is 0.0995. The quantitative estimate of drug-likeness (QED) is 0.834. The van der Waals surface area contributed by atoms with Gasteiger partial charge >= 0.3 is 0 Å². The number of ether oxygens (including phenoxy) is 2. The van der Waals surface area contributed by atoms with Crippen LogP contribution in [0, 0.1) is 11.2 Å². The van der Waals surface area contributed by atoms with Crippen molar-refractivity contribution >= 4 is 5.69 Å². The lowest BCUT2D eigenvalue weighted by Gasteiger charge is -2.35.